The number of hydrogen-bond acceptors (Lipinski definition) is 3. The largest absolute Gasteiger partial charge is 0.481 e. The number of amides is 2. The average Bonchev–Trinajstić information content (AvgIpc) is 2.80. The summed E-state index contributed by atoms with van der Waals surface area (Å²) < 4.78 is 5.78. The van der Waals surface area contributed by atoms with Crippen molar-refractivity contribution in [3.63, 3.8) is 0 Å². The normalized spacial score (nSPS) is 12.5. The zero-order valence-corrected chi connectivity index (χ0v) is 18.1. The van der Waals surface area contributed by atoms with E-state index in [4.69, 9.17) is 4.74 Å². The lowest BCUT2D eigenvalue weighted by Crippen LogP contribution is -2.32. The van der Waals surface area contributed by atoms with Crippen LogP contribution >= 0.6 is 0 Å². The summed E-state index contributed by atoms with van der Waals surface area (Å²) in [5, 5.41) is 5.74. The Morgan fingerprint density at radius 1 is 0.839 bits per heavy atom. The van der Waals surface area contributed by atoms with E-state index >= 15 is 0 Å². The maximum absolute atomic E-state index is 12.5. The van der Waals surface area contributed by atoms with Gasteiger partial charge >= 0.3 is 0 Å². The number of carbonyl (C=O) groups is 2. The van der Waals surface area contributed by atoms with Gasteiger partial charge in [-0.25, -0.2) is 0 Å². The summed E-state index contributed by atoms with van der Waals surface area (Å²) in [4.78, 5) is 24.6. The molecule has 3 rings (SSSR count). The second-order valence-electron chi connectivity index (χ2n) is 7.50. The van der Waals surface area contributed by atoms with Crippen LogP contribution in [0.5, 0.6) is 5.75 Å². The molecule has 0 aliphatic rings. The summed E-state index contributed by atoms with van der Waals surface area (Å²) in [6, 6.07) is 24.7. The Morgan fingerprint density at radius 2 is 1.45 bits per heavy atom. The van der Waals surface area contributed by atoms with E-state index in [1.807, 2.05) is 68.4 Å². The third kappa shape index (κ3) is 6.19. The van der Waals surface area contributed by atoms with Crippen molar-refractivity contribution in [1.29, 1.82) is 0 Å². The summed E-state index contributed by atoms with van der Waals surface area (Å²) in [5.74, 6) is 0.242. The molecule has 2 unspecified atom stereocenters. The first-order valence-electron chi connectivity index (χ1n) is 10.5. The Kier molecular flexibility index (Phi) is 7.44. The van der Waals surface area contributed by atoms with Crippen molar-refractivity contribution in [3.8, 4) is 16.9 Å². The maximum atomic E-state index is 12.5. The molecule has 3 aromatic carbocycles. The molecule has 2 amide bonds. The summed E-state index contributed by atoms with van der Waals surface area (Å²) in [7, 11) is 0. The molecule has 0 saturated carbocycles. The van der Waals surface area contributed by atoms with E-state index in [-0.39, 0.29) is 17.9 Å². The minimum Gasteiger partial charge on any atom is -0.481 e. The molecule has 0 fully saturated rings. The molecular formula is C26H28N2O3. The van der Waals surface area contributed by atoms with Crippen LogP contribution in [0.15, 0.2) is 78.9 Å². The molecule has 0 bridgehead atoms. The smallest absolute Gasteiger partial charge is 0.265 e. The van der Waals surface area contributed by atoms with Gasteiger partial charge in [0, 0.05) is 17.3 Å². The average molecular weight is 417 g/mol. The Labute approximate surface area is 183 Å². The second-order valence-corrected chi connectivity index (χ2v) is 7.50. The van der Waals surface area contributed by atoms with Gasteiger partial charge in [0.15, 0.2) is 6.10 Å². The first-order valence-corrected chi connectivity index (χ1v) is 10.5. The zero-order chi connectivity index (χ0) is 22.2. The van der Waals surface area contributed by atoms with Crippen LogP contribution in [0.4, 0.5) is 5.69 Å². The third-order valence-electron chi connectivity index (χ3n) is 5.05. The predicted molar refractivity (Wildman–Crippen MR) is 124 cm³/mol. The van der Waals surface area contributed by atoms with Crippen molar-refractivity contribution in [2.24, 2.45) is 0 Å². The van der Waals surface area contributed by atoms with Gasteiger partial charge in [0.2, 0.25) is 0 Å². The second kappa shape index (κ2) is 10.4. The standard InChI is InChI=1S/C26H28N2O3/c1-4-18(2)27-26(30)22-10-14-23(15-11-22)28-25(29)19(3)31-24-16-12-21(13-17-24)20-8-6-5-7-9-20/h5-19H,4H2,1-3H3,(H,27,30)(H,28,29). The fourth-order valence-electron chi connectivity index (χ4n) is 2.97. The SMILES string of the molecule is CCC(C)NC(=O)c1ccc(NC(=O)C(C)Oc2ccc(-c3ccccc3)cc2)cc1. The fraction of sp³-hybridized carbons (Fsp3) is 0.231. The van der Waals surface area contributed by atoms with E-state index in [0.717, 1.165) is 17.5 Å². The molecule has 2 N–H and O–H groups in total. The van der Waals surface area contributed by atoms with Gasteiger partial charge in [0.1, 0.15) is 5.75 Å². The summed E-state index contributed by atoms with van der Waals surface area (Å²) in [5.41, 5.74) is 3.38. The first kappa shape index (κ1) is 22.1. The summed E-state index contributed by atoms with van der Waals surface area (Å²) >= 11 is 0. The highest BCUT2D eigenvalue weighted by Gasteiger charge is 2.15. The molecule has 5 heteroatoms. The van der Waals surface area contributed by atoms with E-state index in [1.54, 1.807) is 31.2 Å². The molecule has 0 saturated heterocycles. The van der Waals surface area contributed by atoms with Crippen LogP contribution < -0.4 is 15.4 Å². The van der Waals surface area contributed by atoms with E-state index in [2.05, 4.69) is 10.6 Å². The van der Waals surface area contributed by atoms with Crippen LogP contribution in [0.25, 0.3) is 11.1 Å². The molecule has 5 nitrogen and oxygen atoms in total. The predicted octanol–water partition coefficient (Wildman–Crippen LogP) is 5.29. The third-order valence-corrected chi connectivity index (χ3v) is 5.05. The van der Waals surface area contributed by atoms with Crippen molar-refractivity contribution >= 4 is 17.5 Å². The van der Waals surface area contributed by atoms with Gasteiger partial charge in [0.05, 0.1) is 0 Å². The van der Waals surface area contributed by atoms with Crippen LogP contribution in [-0.2, 0) is 4.79 Å². The molecule has 2 atom stereocenters. The van der Waals surface area contributed by atoms with E-state index in [1.165, 1.54) is 0 Å². The number of benzene rings is 3. The van der Waals surface area contributed by atoms with Gasteiger partial charge in [-0.05, 0) is 67.8 Å². The Bertz CT molecular complexity index is 999. The Morgan fingerprint density at radius 3 is 2.06 bits per heavy atom. The minimum absolute atomic E-state index is 0.117. The van der Waals surface area contributed by atoms with Crippen LogP contribution in [0.3, 0.4) is 0 Å². The lowest BCUT2D eigenvalue weighted by Gasteiger charge is -2.15. The lowest BCUT2D eigenvalue weighted by atomic mass is 10.1. The minimum atomic E-state index is -0.670. The molecule has 0 spiro atoms. The highest BCUT2D eigenvalue weighted by atomic mass is 16.5. The number of ether oxygens (including phenoxy) is 1. The molecule has 0 aliphatic carbocycles. The summed E-state index contributed by atoms with van der Waals surface area (Å²) in [6.07, 6.45) is 0.197. The molecular weight excluding hydrogens is 388 g/mol. The highest BCUT2D eigenvalue weighted by Crippen LogP contribution is 2.23. The van der Waals surface area contributed by atoms with Crippen LogP contribution in [0, 0.1) is 0 Å². The highest BCUT2D eigenvalue weighted by molar-refractivity contribution is 5.97. The van der Waals surface area contributed by atoms with E-state index in [0.29, 0.717) is 17.0 Å². The lowest BCUT2D eigenvalue weighted by molar-refractivity contribution is -0.122. The maximum Gasteiger partial charge on any atom is 0.265 e. The van der Waals surface area contributed by atoms with E-state index in [9.17, 15) is 9.59 Å². The molecule has 31 heavy (non-hydrogen) atoms. The van der Waals surface area contributed by atoms with Gasteiger partial charge in [-0.1, -0.05) is 49.4 Å². The Balaban J connectivity index is 1.55. The quantitative estimate of drug-likeness (QED) is 0.524. The molecule has 0 aliphatic heterocycles. The van der Waals surface area contributed by atoms with Crippen molar-refractivity contribution in [2.75, 3.05) is 5.32 Å². The summed E-state index contributed by atoms with van der Waals surface area (Å²) in [6.45, 7) is 5.68. The Hall–Kier alpha value is -3.60. The topological polar surface area (TPSA) is 67.4 Å². The van der Waals surface area contributed by atoms with Crippen LogP contribution in [-0.4, -0.2) is 24.0 Å². The van der Waals surface area contributed by atoms with Gasteiger partial charge in [-0.15, -0.1) is 0 Å². The zero-order valence-electron chi connectivity index (χ0n) is 18.1. The van der Waals surface area contributed by atoms with E-state index < -0.39 is 6.10 Å². The molecule has 160 valence electrons. The van der Waals surface area contributed by atoms with Crippen molar-refractivity contribution in [2.45, 2.75) is 39.3 Å². The van der Waals surface area contributed by atoms with Gasteiger partial charge in [0.25, 0.3) is 11.8 Å². The number of nitrogens with one attached hydrogen (secondary N) is 2. The van der Waals surface area contributed by atoms with Crippen molar-refractivity contribution in [3.05, 3.63) is 84.4 Å². The first-order chi connectivity index (χ1) is 15.0. The monoisotopic (exact) mass is 416 g/mol. The fourth-order valence-corrected chi connectivity index (χ4v) is 2.97. The molecule has 3 aromatic rings. The van der Waals surface area contributed by atoms with Gasteiger partial charge < -0.3 is 15.4 Å². The number of carbonyl (C=O) groups excluding carboxylic acids is 2. The van der Waals surface area contributed by atoms with Crippen LogP contribution in [0.1, 0.15) is 37.6 Å². The number of rotatable bonds is 8. The van der Waals surface area contributed by atoms with Crippen LogP contribution in [0.2, 0.25) is 0 Å². The van der Waals surface area contributed by atoms with Crippen molar-refractivity contribution in [1.82, 2.24) is 5.32 Å². The number of hydrogen-bond donors (Lipinski definition) is 2. The van der Waals surface area contributed by atoms with Gasteiger partial charge in [-0.2, -0.15) is 0 Å². The molecule has 0 heterocycles. The van der Waals surface area contributed by atoms with Crippen molar-refractivity contribution < 1.29 is 14.3 Å². The van der Waals surface area contributed by atoms with Gasteiger partial charge in [-0.3, -0.25) is 9.59 Å². The molecule has 0 radical (unpaired) electrons. The number of anilines is 1. The molecule has 0 aromatic heterocycles.